The summed E-state index contributed by atoms with van der Waals surface area (Å²) in [6, 6.07) is 10.1. The Balaban J connectivity index is 2.36. The van der Waals surface area contributed by atoms with Gasteiger partial charge in [0.15, 0.2) is 0 Å². The molecule has 0 bridgehead atoms. The molecule has 0 aliphatic heterocycles. The van der Waals surface area contributed by atoms with Gasteiger partial charge in [0.1, 0.15) is 6.61 Å². The number of rotatable bonds is 7. The van der Waals surface area contributed by atoms with E-state index < -0.39 is 0 Å². The quantitative estimate of drug-likeness (QED) is 0.554. The minimum atomic E-state index is -0.232. The molecule has 0 aliphatic carbocycles. The first-order valence-corrected chi connectivity index (χ1v) is 6.33. The molecule has 0 saturated heterocycles. The first-order valence-electron chi connectivity index (χ1n) is 5.79. The Hall–Kier alpha value is -1.22. The maximum absolute atomic E-state index is 11.1. The number of anilines is 1. The molecule has 0 atom stereocenters. The van der Waals surface area contributed by atoms with Crippen LogP contribution in [0.25, 0.3) is 0 Å². The Kier molecular flexibility index (Phi) is 6.48. The molecule has 94 valence electrons. The third-order valence-corrected chi connectivity index (χ3v) is 2.61. The van der Waals surface area contributed by atoms with Gasteiger partial charge in [0.05, 0.1) is 13.0 Å². The predicted molar refractivity (Wildman–Crippen MR) is 70.6 cm³/mol. The Labute approximate surface area is 107 Å². The predicted octanol–water partition coefficient (Wildman–Crippen LogP) is 2.69. The minimum absolute atomic E-state index is 0.232. The van der Waals surface area contributed by atoms with Crippen LogP contribution in [0.4, 0.5) is 5.69 Å². The summed E-state index contributed by atoms with van der Waals surface area (Å²) >= 11 is 5.45. The lowest BCUT2D eigenvalue weighted by atomic mass is 10.3. The third-order valence-electron chi connectivity index (χ3n) is 2.43. The van der Waals surface area contributed by atoms with Crippen molar-refractivity contribution in [3.8, 4) is 0 Å². The summed E-state index contributed by atoms with van der Waals surface area (Å²) in [7, 11) is 0. The number of carbonyl (C=O) groups is 1. The lowest BCUT2D eigenvalue weighted by molar-refractivity contribution is -0.142. The molecule has 0 unspecified atom stereocenters. The zero-order valence-corrected chi connectivity index (χ0v) is 10.8. The van der Waals surface area contributed by atoms with Crippen LogP contribution in [-0.4, -0.2) is 31.5 Å². The highest BCUT2D eigenvalue weighted by Gasteiger charge is 2.05. The molecule has 0 heterocycles. The average molecular weight is 256 g/mol. The largest absolute Gasteiger partial charge is 0.464 e. The van der Waals surface area contributed by atoms with Crippen molar-refractivity contribution in [1.82, 2.24) is 0 Å². The fraction of sp³-hybridized carbons (Fsp3) is 0.462. The number of hydrogen-bond donors (Lipinski definition) is 0. The molecule has 0 aromatic heterocycles. The molecule has 1 rings (SSSR count). The number of esters is 1. The van der Waals surface area contributed by atoms with Crippen molar-refractivity contribution in [2.24, 2.45) is 0 Å². The molecule has 0 aliphatic rings. The van der Waals surface area contributed by atoms with E-state index in [1.807, 2.05) is 30.3 Å². The Morgan fingerprint density at radius 1 is 1.35 bits per heavy atom. The van der Waals surface area contributed by atoms with Crippen molar-refractivity contribution in [1.29, 1.82) is 0 Å². The molecule has 0 saturated carbocycles. The number of nitrogens with zero attached hydrogens (tertiary/aromatic N) is 1. The topological polar surface area (TPSA) is 29.5 Å². The molecule has 3 nitrogen and oxygen atoms in total. The van der Waals surface area contributed by atoms with Crippen LogP contribution in [0, 0.1) is 0 Å². The van der Waals surface area contributed by atoms with Gasteiger partial charge in [-0.15, -0.1) is 11.6 Å². The highest BCUT2D eigenvalue weighted by molar-refractivity contribution is 6.18. The maximum Gasteiger partial charge on any atom is 0.307 e. The highest BCUT2D eigenvalue weighted by atomic mass is 35.5. The normalized spacial score (nSPS) is 10.0. The number of likely N-dealkylation sites (N-methyl/N-ethyl adjacent to an activating group) is 1. The van der Waals surface area contributed by atoms with Crippen molar-refractivity contribution in [2.75, 3.05) is 30.5 Å². The van der Waals surface area contributed by atoms with E-state index in [2.05, 4.69) is 11.8 Å². The first kappa shape index (κ1) is 13.8. The smallest absolute Gasteiger partial charge is 0.307 e. The van der Waals surface area contributed by atoms with Crippen LogP contribution in [0.1, 0.15) is 13.3 Å². The molecule has 0 fully saturated rings. The molecule has 1 aromatic rings. The van der Waals surface area contributed by atoms with Gasteiger partial charge in [-0.3, -0.25) is 4.79 Å². The van der Waals surface area contributed by atoms with Crippen molar-refractivity contribution in [2.45, 2.75) is 13.3 Å². The first-order chi connectivity index (χ1) is 8.27. The zero-order chi connectivity index (χ0) is 12.5. The van der Waals surface area contributed by atoms with Gasteiger partial charge in [0.2, 0.25) is 0 Å². The molecular formula is C13H18ClNO2. The lowest BCUT2D eigenvalue weighted by Gasteiger charge is -2.22. The number of ether oxygens (including phenoxy) is 1. The van der Waals surface area contributed by atoms with Crippen molar-refractivity contribution >= 4 is 23.3 Å². The second-order valence-corrected chi connectivity index (χ2v) is 3.95. The summed E-state index contributed by atoms with van der Waals surface area (Å²) < 4.78 is 5.07. The summed E-state index contributed by atoms with van der Waals surface area (Å²) in [5, 5.41) is 0. The van der Waals surface area contributed by atoms with E-state index in [-0.39, 0.29) is 12.4 Å². The fourth-order valence-corrected chi connectivity index (χ4v) is 1.68. The summed E-state index contributed by atoms with van der Waals surface area (Å²) in [6.07, 6.45) is 0.277. The molecule has 0 radical (unpaired) electrons. The Morgan fingerprint density at radius 3 is 2.65 bits per heavy atom. The Morgan fingerprint density at radius 2 is 2.06 bits per heavy atom. The Bertz CT molecular complexity index is 329. The summed E-state index contributed by atoms with van der Waals surface area (Å²) in [5.41, 5.74) is 1.14. The second kappa shape index (κ2) is 7.96. The van der Waals surface area contributed by atoms with Gasteiger partial charge < -0.3 is 9.64 Å². The molecule has 0 N–H and O–H groups in total. The van der Waals surface area contributed by atoms with Gasteiger partial charge in [0.25, 0.3) is 0 Å². The van der Waals surface area contributed by atoms with Crippen LogP contribution in [0.5, 0.6) is 0 Å². The van der Waals surface area contributed by atoms with E-state index in [1.165, 1.54) is 0 Å². The lowest BCUT2D eigenvalue weighted by Crippen LogP contribution is -2.27. The number of para-hydroxylation sites is 1. The van der Waals surface area contributed by atoms with Crippen LogP contribution in [0.3, 0.4) is 0 Å². The van der Waals surface area contributed by atoms with Crippen molar-refractivity contribution < 1.29 is 9.53 Å². The van der Waals surface area contributed by atoms with Crippen LogP contribution < -0.4 is 4.90 Å². The molecular weight excluding hydrogens is 238 g/mol. The zero-order valence-electron chi connectivity index (χ0n) is 10.1. The number of benzene rings is 1. The van der Waals surface area contributed by atoms with Gasteiger partial charge >= 0.3 is 5.97 Å². The highest BCUT2D eigenvalue weighted by Crippen LogP contribution is 2.12. The maximum atomic E-state index is 11.1. The van der Waals surface area contributed by atoms with E-state index in [9.17, 15) is 4.79 Å². The summed E-state index contributed by atoms with van der Waals surface area (Å²) in [5.74, 6) is 0.0822. The van der Waals surface area contributed by atoms with E-state index in [0.29, 0.717) is 19.0 Å². The molecule has 17 heavy (non-hydrogen) atoms. The van der Waals surface area contributed by atoms with E-state index in [4.69, 9.17) is 16.3 Å². The van der Waals surface area contributed by atoms with Gasteiger partial charge in [-0.1, -0.05) is 18.2 Å². The monoisotopic (exact) mass is 255 g/mol. The second-order valence-electron chi connectivity index (χ2n) is 3.57. The average Bonchev–Trinajstić information content (AvgIpc) is 2.36. The van der Waals surface area contributed by atoms with Gasteiger partial charge in [-0.2, -0.15) is 0 Å². The van der Waals surface area contributed by atoms with Gasteiger partial charge in [-0.25, -0.2) is 0 Å². The van der Waals surface area contributed by atoms with Crippen LogP contribution in [0.15, 0.2) is 30.3 Å². The van der Waals surface area contributed by atoms with E-state index in [1.54, 1.807) is 0 Å². The van der Waals surface area contributed by atoms with E-state index in [0.717, 1.165) is 12.2 Å². The number of halogens is 1. The fourth-order valence-electron chi connectivity index (χ4n) is 1.53. The van der Waals surface area contributed by atoms with E-state index >= 15 is 0 Å². The molecule has 0 spiro atoms. The minimum Gasteiger partial charge on any atom is -0.464 e. The van der Waals surface area contributed by atoms with Crippen LogP contribution in [-0.2, 0) is 9.53 Å². The number of carbonyl (C=O) groups excluding carboxylic acids is 1. The number of hydrogen-bond acceptors (Lipinski definition) is 3. The molecule has 4 heteroatoms. The van der Waals surface area contributed by atoms with Crippen LogP contribution in [0.2, 0.25) is 0 Å². The summed E-state index contributed by atoms with van der Waals surface area (Å²) in [6.45, 7) is 4.07. The third kappa shape index (κ3) is 5.09. The van der Waals surface area contributed by atoms with Gasteiger partial charge in [0, 0.05) is 18.1 Å². The standard InChI is InChI=1S/C13H18ClNO2/c1-2-15(12-6-4-3-5-7-12)10-11-17-13(16)8-9-14/h3-7H,2,8-11H2,1H3. The van der Waals surface area contributed by atoms with Crippen LogP contribution >= 0.6 is 11.6 Å². The molecule has 0 amide bonds. The van der Waals surface area contributed by atoms with Gasteiger partial charge in [-0.05, 0) is 19.1 Å². The molecule has 1 aromatic carbocycles. The SMILES string of the molecule is CCN(CCOC(=O)CCCl)c1ccccc1. The summed E-state index contributed by atoms with van der Waals surface area (Å²) in [4.78, 5) is 13.3. The van der Waals surface area contributed by atoms with Crippen molar-refractivity contribution in [3.63, 3.8) is 0 Å². The number of alkyl halides is 1. The van der Waals surface area contributed by atoms with Crippen molar-refractivity contribution in [3.05, 3.63) is 30.3 Å².